The zero-order valence-electron chi connectivity index (χ0n) is 43.5. The van der Waals surface area contributed by atoms with Gasteiger partial charge >= 0.3 is 0 Å². The molecule has 0 aromatic heterocycles. The van der Waals surface area contributed by atoms with Crippen LogP contribution in [0.1, 0.15) is 301 Å². The van der Waals surface area contributed by atoms with Crippen LogP contribution in [-0.2, 0) is 6.42 Å². The molecule has 0 saturated carbocycles. The van der Waals surface area contributed by atoms with Crippen molar-refractivity contribution in [1.82, 2.24) is 0 Å². The van der Waals surface area contributed by atoms with Crippen LogP contribution < -0.4 is 9.47 Å². The number of ether oxygens (including phenoxy) is 2. The zero-order chi connectivity index (χ0) is 46.4. The van der Waals surface area contributed by atoms with Crippen LogP contribution in [0.2, 0.25) is 0 Å². The van der Waals surface area contributed by atoms with Crippen molar-refractivity contribution in [3.63, 3.8) is 0 Å². The second-order valence-corrected chi connectivity index (χ2v) is 20.5. The number of aryl methyl sites for hydroxylation is 1. The first-order valence-electron chi connectivity index (χ1n) is 28.9. The van der Waals surface area contributed by atoms with Gasteiger partial charge in [0.2, 0.25) is 0 Å². The van der Waals surface area contributed by atoms with Crippen LogP contribution in [-0.4, -0.2) is 18.1 Å². The number of hydrogen-bond acceptors (Lipinski definition) is 3. The maximum atomic E-state index is 6.35. The summed E-state index contributed by atoms with van der Waals surface area (Å²) in [7, 11) is 0. The minimum absolute atomic E-state index is 0.757. The van der Waals surface area contributed by atoms with Gasteiger partial charge in [-0.25, -0.2) is 0 Å². The average molecular weight is 916 g/mol. The summed E-state index contributed by atoms with van der Waals surface area (Å²) in [6.07, 6.45) is 62.5. The summed E-state index contributed by atoms with van der Waals surface area (Å²) < 4.78 is 12.7. The molecule has 2 nitrogen and oxygen atoms in total. The number of hydrogen-bond donors (Lipinski definition) is 0. The summed E-state index contributed by atoms with van der Waals surface area (Å²) in [5.41, 5.74) is 3.55. The summed E-state index contributed by atoms with van der Waals surface area (Å²) >= 11 is 5.83. The fourth-order valence-electron chi connectivity index (χ4n) is 9.34. The highest BCUT2D eigenvalue weighted by atomic mass is 32.1. The van der Waals surface area contributed by atoms with Crippen molar-refractivity contribution in [3.8, 4) is 11.5 Å². The molecular weight excluding hydrogens is 809 g/mol. The first kappa shape index (κ1) is 59.0. The first-order chi connectivity index (χ1) is 32.2. The molecule has 0 bridgehead atoms. The van der Waals surface area contributed by atoms with Crippen LogP contribution in [0.25, 0.3) is 6.08 Å². The third-order valence-corrected chi connectivity index (χ3v) is 14.0. The average Bonchev–Trinajstić information content (AvgIpc) is 3.32. The minimum Gasteiger partial charge on any atom is -0.493 e. The molecule has 0 amide bonds. The molecule has 372 valence electrons. The molecule has 65 heavy (non-hydrogen) atoms. The third kappa shape index (κ3) is 36.6. The van der Waals surface area contributed by atoms with E-state index in [0.717, 1.165) is 66.4 Å². The van der Waals surface area contributed by atoms with Crippen LogP contribution >= 0.6 is 12.2 Å². The topological polar surface area (TPSA) is 18.5 Å². The number of thiocarbonyl (C=S) groups is 1. The van der Waals surface area contributed by atoms with Gasteiger partial charge < -0.3 is 9.47 Å². The number of allylic oxidation sites excluding steroid dienone is 1. The molecule has 0 spiro atoms. The standard InChI is InChI=1S/C62H106O2S/c1-4-7-9-11-13-15-17-19-21-23-25-27-29-31-33-35-37-39-41-43-52-63-60-54-58(48-51-62(65)59-49-46-57(45-6-3)47-50-59)55-61(56-60)64-53-44-42-40-38-36-34-32-30-28-26-24-22-20-18-16-14-12-10-8-5-2/h46-51,54-56H,4-45,52-53H2,1-3H3. The molecule has 0 fully saturated rings. The van der Waals surface area contributed by atoms with Gasteiger partial charge in [0.25, 0.3) is 0 Å². The number of benzene rings is 2. The number of unbranched alkanes of at least 4 members (excludes halogenated alkanes) is 38. The summed E-state index contributed by atoms with van der Waals surface area (Å²) in [5.74, 6) is 1.80. The summed E-state index contributed by atoms with van der Waals surface area (Å²) in [6, 6.07) is 15.1. The van der Waals surface area contributed by atoms with Gasteiger partial charge in [-0.1, -0.05) is 314 Å². The van der Waals surface area contributed by atoms with Crippen molar-refractivity contribution in [3.05, 3.63) is 65.2 Å². The summed E-state index contributed by atoms with van der Waals surface area (Å²) in [4.78, 5) is 0.857. The van der Waals surface area contributed by atoms with E-state index in [0.29, 0.717) is 0 Å². The molecule has 0 N–H and O–H groups in total. The molecule has 0 aliphatic carbocycles. The van der Waals surface area contributed by atoms with E-state index >= 15 is 0 Å². The highest BCUT2D eigenvalue weighted by Crippen LogP contribution is 2.26. The van der Waals surface area contributed by atoms with Crippen molar-refractivity contribution in [1.29, 1.82) is 0 Å². The van der Waals surface area contributed by atoms with Crippen LogP contribution in [0.5, 0.6) is 11.5 Å². The van der Waals surface area contributed by atoms with E-state index in [1.807, 2.05) is 0 Å². The lowest BCUT2D eigenvalue weighted by Gasteiger charge is -2.12. The van der Waals surface area contributed by atoms with Gasteiger partial charge in [0.1, 0.15) is 11.5 Å². The quantitative estimate of drug-likeness (QED) is 0.0285. The Labute approximate surface area is 411 Å². The predicted molar refractivity (Wildman–Crippen MR) is 295 cm³/mol. The maximum Gasteiger partial charge on any atom is 0.123 e. The molecule has 0 atom stereocenters. The van der Waals surface area contributed by atoms with Crippen LogP contribution in [0.4, 0.5) is 0 Å². The van der Waals surface area contributed by atoms with E-state index in [1.165, 1.54) is 250 Å². The summed E-state index contributed by atoms with van der Waals surface area (Å²) in [5, 5.41) is 0. The Morgan fingerprint density at radius 1 is 0.369 bits per heavy atom. The van der Waals surface area contributed by atoms with E-state index in [2.05, 4.69) is 75.4 Å². The van der Waals surface area contributed by atoms with Gasteiger partial charge in [-0.2, -0.15) is 0 Å². The highest BCUT2D eigenvalue weighted by molar-refractivity contribution is 7.81. The van der Waals surface area contributed by atoms with Crippen molar-refractivity contribution < 1.29 is 9.47 Å². The normalized spacial score (nSPS) is 11.6. The highest BCUT2D eigenvalue weighted by Gasteiger charge is 2.05. The Morgan fingerprint density at radius 2 is 0.662 bits per heavy atom. The van der Waals surface area contributed by atoms with Crippen molar-refractivity contribution in [2.24, 2.45) is 0 Å². The third-order valence-electron chi connectivity index (χ3n) is 13.6. The van der Waals surface area contributed by atoms with E-state index in [-0.39, 0.29) is 0 Å². The van der Waals surface area contributed by atoms with Crippen LogP contribution in [0.3, 0.4) is 0 Å². The second-order valence-electron chi connectivity index (χ2n) is 20.0. The van der Waals surface area contributed by atoms with Gasteiger partial charge in [0.15, 0.2) is 0 Å². The molecule has 0 radical (unpaired) electrons. The van der Waals surface area contributed by atoms with Crippen LogP contribution in [0.15, 0.2) is 48.5 Å². The fraction of sp³-hybridized carbons (Fsp3) is 0.758. The molecule has 2 aromatic carbocycles. The molecule has 0 saturated heterocycles. The molecular formula is C62H106O2S. The van der Waals surface area contributed by atoms with E-state index in [4.69, 9.17) is 21.7 Å². The van der Waals surface area contributed by atoms with Gasteiger partial charge in [-0.05, 0) is 54.2 Å². The molecule has 0 unspecified atom stereocenters. The van der Waals surface area contributed by atoms with Gasteiger partial charge in [-0.15, -0.1) is 0 Å². The molecule has 0 aliphatic heterocycles. The predicted octanol–water partition coefficient (Wildman–Crippen LogP) is 21.5. The molecule has 3 heteroatoms. The van der Waals surface area contributed by atoms with E-state index in [1.54, 1.807) is 0 Å². The molecule has 2 aromatic rings. The van der Waals surface area contributed by atoms with Gasteiger partial charge in [0, 0.05) is 10.9 Å². The summed E-state index contributed by atoms with van der Waals surface area (Å²) in [6.45, 7) is 8.35. The minimum atomic E-state index is 0.757. The first-order valence-corrected chi connectivity index (χ1v) is 29.3. The number of rotatable bonds is 49. The lowest BCUT2D eigenvalue weighted by molar-refractivity contribution is 0.289. The molecule has 2 rings (SSSR count). The smallest absolute Gasteiger partial charge is 0.123 e. The SMILES string of the molecule is CCCCCCCCCCCCCCCCCCCCCCOc1cc(C=CC(=S)c2ccc(CCC)cc2)cc(OCCCCCCCCCCCCCCCCCCCCCC)c1. The largest absolute Gasteiger partial charge is 0.493 e. The van der Waals surface area contributed by atoms with Crippen molar-refractivity contribution in [2.45, 2.75) is 290 Å². The maximum absolute atomic E-state index is 6.35. The Kier molecular flexibility index (Phi) is 41.4. The zero-order valence-corrected chi connectivity index (χ0v) is 44.4. The lowest BCUT2D eigenvalue weighted by atomic mass is 10.0. The Bertz CT molecular complexity index is 1280. The lowest BCUT2D eigenvalue weighted by Crippen LogP contribution is -2.01. The van der Waals surface area contributed by atoms with E-state index in [9.17, 15) is 0 Å². The second kappa shape index (κ2) is 45.6. The van der Waals surface area contributed by atoms with Gasteiger partial charge in [-0.3, -0.25) is 0 Å². The Hall–Kier alpha value is -2.13. The van der Waals surface area contributed by atoms with Crippen LogP contribution in [0, 0.1) is 0 Å². The fourth-order valence-corrected chi connectivity index (χ4v) is 9.55. The van der Waals surface area contributed by atoms with Gasteiger partial charge in [0.05, 0.1) is 13.2 Å². The van der Waals surface area contributed by atoms with Crippen molar-refractivity contribution >= 4 is 23.2 Å². The molecule has 0 heterocycles. The Balaban J connectivity index is 1.59. The monoisotopic (exact) mass is 915 g/mol. The Morgan fingerprint density at radius 3 is 0.954 bits per heavy atom. The van der Waals surface area contributed by atoms with Crippen molar-refractivity contribution in [2.75, 3.05) is 13.2 Å². The molecule has 0 aliphatic rings. The van der Waals surface area contributed by atoms with E-state index < -0.39 is 0 Å².